The normalized spacial score (nSPS) is 20.2. The summed E-state index contributed by atoms with van der Waals surface area (Å²) in [7, 11) is 0. The molecule has 0 spiro atoms. The second-order valence-corrected chi connectivity index (χ2v) is 7.19. The molecule has 0 amide bonds. The molecule has 0 aliphatic heterocycles. The maximum absolute atomic E-state index is 3.73. The summed E-state index contributed by atoms with van der Waals surface area (Å²) in [6, 6.07) is 17.6. The van der Waals surface area contributed by atoms with E-state index >= 15 is 0 Å². The topological polar surface area (TPSA) is 12.0 Å². The average Bonchev–Trinajstić information content (AvgIpc) is 2.44. The van der Waals surface area contributed by atoms with Crippen molar-refractivity contribution in [1.29, 1.82) is 0 Å². The number of anilines is 1. The number of fused-ring (bicyclic) bond motifs is 1. The van der Waals surface area contributed by atoms with Gasteiger partial charge >= 0.3 is 0 Å². The Balaban J connectivity index is 1.95. The predicted molar refractivity (Wildman–Crippen MR) is 89.0 cm³/mol. The Labute approximate surface area is 129 Å². The lowest BCUT2D eigenvalue weighted by Crippen LogP contribution is -2.33. The Morgan fingerprint density at radius 3 is 2.50 bits per heavy atom. The number of hydrogen-bond donors (Lipinski definition) is 1. The Kier molecular flexibility index (Phi) is 3.59. The first-order valence-electron chi connectivity index (χ1n) is 7.16. The van der Waals surface area contributed by atoms with Crippen LogP contribution < -0.4 is 5.32 Å². The zero-order valence-corrected chi connectivity index (χ0v) is 13.6. The second kappa shape index (κ2) is 5.25. The summed E-state index contributed by atoms with van der Waals surface area (Å²) in [5.41, 5.74) is 4.39. The molecule has 1 N–H and O–H groups in total. The van der Waals surface area contributed by atoms with E-state index in [9.17, 15) is 0 Å². The van der Waals surface area contributed by atoms with Crippen molar-refractivity contribution in [3.05, 3.63) is 64.1 Å². The van der Waals surface area contributed by atoms with Crippen LogP contribution in [0.5, 0.6) is 0 Å². The van der Waals surface area contributed by atoms with Crippen LogP contribution in [0.25, 0.3) is 0 Å². The van der Waals surface area contributed by atoms with Gasteiger partial charge in [0.15, 0.2) is 0 Å². The molecule has 0 bridgehead atoms. The summed E-state index contributed by atoms with van der Waals surface area (Å²) in [4.78, 5) is 0. The molecule has 0 fully saturated rings. The largest absolute Gasteiger partial charge is 0.378 e. The van der Waals surface area contributed by atoms with Gasteiger partial charge < -0.3 is 5.32 Å². The minimum Gasteiger partial charge on any atom is -0.378 e. The van der Waals surface area contributed by atoms with Gasteiger partial charge in [0.25, 0.3) is 0 Å². The number of rotatable bonds is 2. The molecular formula is C18H20BrN. The molecule has 104 valence electrons. The molecule has 1 aliphatic carbocycles. The fourth-order valence-corrected chi connectivity index (χ4v) is 3.32. The molecule has 1 atom stereocenters. The molecule has 0 radical (unpaired) electrons. The summed E-state index contributed by atoms with van der Waals surface area (Å²) < 4.78 is 1.12. The fourth-order valence-electron chi connectivity index (χ4n) is 3.05. The Morgan fingerprint density at radius 2 is 1.75 bits per heavy atom. The zero-order chi connectivity index (χ0) is 14.2. The van der Waals surface area contributed by atoms with Crippen molar-refractivity contribution < 1.29 is 0 Å². The highest BCUT2D eigenvalue weighted by molar-refractivity contribution is 9.10. The quantitative estimate of drug-likeness (QED) is 0.758. The van der Waals surface area contributed by atoms with E-state index in [1.165, 1.54) is 29.7 Å². The SMILES string of the molecule is CC1(C)CCc2ccccc2C1Nc1ccc(Br)cc1. The van der Waals surface area contributed by atoms with E-state index in [0.29, 0.717) is 6.04 Å². The van der Waals surface area contributed by atoms with Crippen LogP contribution in [-0.2, 0) is 6.42 Å². The van der Waals surface area contributed by atoms with Gasteiger partial charge in [0.1, 0.15) is 0 Å². The molecule has 1 nitrogen and oxygen atoms in total. The third-order valence-corrected chi connectivity index (χ3v) is 4.87. The molecule has 3 rings (SSSR count). The lowest BCUT2D eigenvalue weighted by atomic mass is 9.70. The zero-order valence-electron chi connectivity index (χ0n) is 12.0. The summed E-state index contributed by atoms with van der Waals surface area (Å²) in [6.07, 6.45) is 2.40. The highest BCUT2D eigenvalue weighted by Crippen LogP contribution is 2.45. The third kappa shape index (κ3) is 2.62. The van der Waals surface area contributed by atoms with Gasteiger partial charge in [-0.3, -0.25) is 0 Å². The number of aryl methyl sites for hydroxylation is 1. The summed E-state index contributed by atoms with van der Waals surface area (Å²) in [6.45, 7) is 4.72. The first-order valence-corrected chi connectivity index (χ1v) is 7.95. The Hall–Kier alpha value is -1.28. The van der Waals surface area contributed by atoms with Crippen LogP contribution in [0, 0.1) is 5.41 Å². The highest BCUT2D eigenvalue weighted by atomic mass is 79.9. The Morgan fingerprint density at radius 1 is 1.05 bits per heavy atom. The van der Waals surface area contributed by atoms with E-state index in [2.05, 4.69) is 83.6 Å². The van der Waals surface area contributed by atoms with E-state index in [0.717, 1.165) is 4.47 Å². The molecule has 2 aromatic carbocycles. The van der Waals surface area contributed by atoms with Gasteiger partial charge in [0, 0.05) is 10.2 Å². The maximum atomic E-state index is 3.73. The molecule has 2 aromatic rings. The van der Waals surface area contributed by atoms with Gasteiger partial charge in [-0.15, -0.1) is 0 Å². The summed E-state index contributed by atoms with van der Waals surface area (Å²) in [5, 5.41) is 3.73. The van der Waals surface area contributed by atoms with Gasteiger partial charge in [0.05, 0.1) is 6.04 Å². The molecule has 0 saturated heterocycles. The van der Waals surface area contributed by atoms with Crippen LogP contribution in [0.15, 0.2) is 53.0 Å². The van der Waals surface area contributed by atoms with Crippen LogP contribution in [0.1, 0.15) is 37.4 Å². The fraction of sp³-hybridized carbons (Fsp3) is 0.333. The van der Waals surface area contributed by atoms with E-state index in [4.69, 9.17) is 0 Å². The first kappa shape index (κ1) is 13.7. The van der Waals surface area contributed by atoms with Crippen molar-refractivity contribution >= 4 is 21.6 Å². The standard InChI is InChI=1S/C18H20BrN/c1-18(2)12-11-13-5-3-4-6-16(13)17(18)20-15-9-7-14(19)8-10-15/h3-10,17,20H,11-12H2,1-2H3. The highest BCUT2D eigenvalue weighted by Gasteiger charge is 2.35. The van der Waals surface area contributed by atoms with Crippen molar-refractivity contribution in [3.8, 4) is 0 Å². The summed E-state index contributed by atoms with van der Waals surface area (Å²) in [5.74, 6) is 0. The lowest BCUT2D eigenvalue weighted by molar-refractivity contribution is 0.265. The molecular weight excluding hydrogens is 310 g/mol. The smallest absolute Gasteiger partial charge is 0.0567 e. The second-order valence-electron chi connectivity index (χ2n) is 6.27. The first-order chi connectivity index (χ1) is 9.56. The van der Waals surface area contributed by atoms with Crippen LogP contribution in [-0.4, -0.2) is 0 Å². The monoisotopic (exact) mass is 329 g/mol. The number of benzene rings is 2. The van der Waals surface area contributed by atoms with Crippen molar-refractivity contribution in [3.63, 3.8) is 0 Å². The summed E-state index contributed by atoms with van der Waals surface area (Å²) >= 11 is 3.49. The minimum atomic E-state index is 0.265. The number of hydrogen-bond acceptors (Lipinski definition) is 1. The van der Waals surface area contributed by atoms with E-state index in [1.807, 2.05) is 0 Å². The van der Waals surface area contributed by atoms with Crippen LogP contribution >= 0.6 is 15.9 Å². The van der Waals surface area contributed by atoms with E-state index in [-0.39, 0.29) is 5.41 Å². The van der Waals surface area contributed by atoms with Crippen LogP contribution in [0.3, 0.4) is 0 Å². The number of nitrogens with one attached hydrogen (secondary N) is 1. The van der Waals surface area contributed by atoms with Crippen LogP contribution in [0.4, 0.5) is 5.69 Å². The van der Waals surface area contributed by atoms with Crippen molar-refractivity contribution in [1.82, 2.24) is 0 Å². The molecule has 0 saturated carbocycles. The molecule has 1 aliphatic rings. The number of halogens is 1. The van der Waals surface area contributed by atoms with Crippen molar-refractivity contribution in [2.24, 2.45) is 5.41 Å². The lowest BCUT2D eigenvalue weighted by Gasteiger charge is -2.41. The average molecular weight is 330 g/mol. The molecule has 20 heavy (non-hydrogen) atoms. The van der Waals surface area contributed by atoms with Crippen LogP contribution in [0.2, 0.25) is 0 Å². The van der Waals surface area contributed by atoms with Gasteiger partial charge in [-0.1, -0.05) is 54.0 Å². The molecule has 0 heterocycles. The van der Waals surface area contributed by atoms with Crippen molar-refractivity contribution in [2.45, 2.75) is 32.7 Å². The predicted octanol–water partition coefficient (Wildman–Crippen LogP) is 5.57. The van der Waals surface area contributed by atoms with E-state index in [1.54, 1.807) is 0 Å². The minimum absolute atomic E-state index is 0.265. The van der Waals surface area contributed by atoms with Gasteiger partial charge in [-0.05, 0) is 53.6 Å². The third-order valence-electron chi connectivity index (χ3n) is 4.34. The van der Waals surface area contributed by atoms with Gasteiger partial charge in [0.2, 0.25) is 0 Å². The molecule has 1 unspecified atom stereocenters. The maximum Gasteiger partial charge on any atom is 0.0567 e. The van der Waals surface area contributed by atoms with Gasteiger partial charge in [-0.2, -0.15) is 0 Å². The molecule has 0 aromatic heterocycles. The van der Waals surface area contributed by atoms with Crippen molar-refractivity contribution in [2.75, 3.05) is 5.32 Å². The van der Waals surface area contributed by atoms with E-state index < -0.39 is 0 Å². The molecule has 2 heteroatoms. The van der Waals surface area contributed by atoms with Gasteiger partial charge in [-0.25, -0.2) is 0 Å². The Bertz CT molecular complexity index is 601.